The van der Waals surface area contributed by atoms with E-state index in [0.29, 0.717) is 4.20 Å². The highest BCUT2D eigenvalue weighted by Gasteiger charge is 2.15. The first kappa shape index (κ1) is 11.4. The van der Waals surface area contributed by atoms with Gasteiger partial charge in [-0.15, -0.1) is 12.6 Å². The molecular weight excluding hydrogens is 232 g/mol. The average Bonchev–Trinajstić information content (AvgIpc) is 2.31. The van der Waals surface area contributed by atoms with Crippen LogP contribution in [0, 0.1) is 0 Å². The molecule has 0 nitrogen and oxygen atoms in total. The van der Waals surface area contributed by atoms with Gasteiger partial charge in [-0.3, -0.25) is 0 Å². The summed E-state index contributed by atoms with van der Waals surface area (Å²) in [6.45, 7) is 0. The minimum Gasteiger partial charge on any atom is -0.135 e. The fourth-order valence-corrected chi connectivity index (χ4v) is 2.34. The highest BCUT2D eigenvalue weighted by atomic mass is 32.1. The van der Waals surface area contributed by atoms with Gasteiger partial charge in [0, 0.05) is 5.92 Å². The van der Waals surface area contributed by atoms with Gasteiger partial charge in [0.2, 0.25) is 0 Å². The maximum Gasteiger partial charge on any atom is 0.0567 e. The first-order chi connectivity index (χ1) is 7.79. The topological polar surface area (TPSA) is 0 Å². The van der Waals surface area contributed by atoms with Crippen molar-refractivity contribution >= 4 is 29.0 Å². The fourth-order valence-electron chi connectivity index (χ4n) is 1.77. The molecule has 0 amide bonds. The Kier molecular flexibility index (Phi) is 3.75. The lowest BCUT2D eigenvalue weighted by Crippen LogP contribution is -2.06. The van der Waals surface area contributed by atoms with Crippen molar-refractivity contribution in [1.82, 2.24) is 0 Å². The second-order valence-electron chi connectivity index (χ2n) is 3.59. The van der Waals surface area contributed by atoms with Gasteiger partial charge >= 0.3 is 0 Å². The minimum atomic E-state index is 0.0979. The van der Waals surface area contributed by atoms with Crippen LogP contribution in [0.5, 0.6) is 0 Å². The van der Waals surface area contributed by atoms with Crippen molar-refractivity contribution in [3.63, 3.8) is 0 Å². The molecule has 80 valence electrons. The van der Waals surface area contributed by atoms with E-state index in [0.717, 1.165) is 0 Å². The predicted octanol–water partition coefficient (Wildman–Crippen LogP) is 4.08. The second kappa shape index (κ2) is 5.28. The zero-order chi connectivity index (χ0) is 11.4. The lowest BCUT2D eigenvalue weighted by atomic mass is 9.93. The van der Waals surface area contributed by atoms with E-state index in [4.69, 9.17) is 12.2 Å². The van der Waals surface area contributed by atoms with Crippen LogP contribution >= 0.6 is 24.8 Å². The monoisotopic (exact) mass is 244 g/mol. The van der Waals surface area contributed by atoms with Crippen molar-refractivity contribution in [2.75, 3.05) is 0 Å². The molecule has 2 rings (SSSR count). The van der Waals surface area contributed by atoms with Gasteiger partial charge in [0.05, 0.1) is 4.20 Å². The number of benzene rings is 2. The Morgan fingerprint density at radius 3 is 1.50 bits per heavy atom. The Bertz CT molecular complexity index is 423. The largest absolute Gasteiger partial charge is 0.135 e. The molecule has 0 spiro atoms. The molecule has 0 fully saturated rings. The molecule has 0 heterocycles. The number of rotatable bonds is 3. The minimum absolute atomic E-state index is 0.0979. The van der Waals surface area contributed by atoms with Gasteiger partial charge < -0.3 is 0 Å². The van der Waals surface area contributed by atoms with Crippen LogP contribution in [0.3, 0.4) is 0 Å². The second-order valence-corrected chi connectivity index (χ2v) is 4.82. The van der Waals surface area contributed by atoms with Crippen LogP contribution in [-0.4, -0.2) is 4.20 Å². The molecule has 0 unspecified atom stereocenters. The van der Waals surface area contributed by atoms with Crippen molar-refractivity contribution in [2.24, 2.45) is 0 Å². The lowest BCUT2D eigenvalue weighted by molar-refractivity contribution is 1.11. The normalized spacial score (nSPS) is 10.4. The molecule has 0 N–H and O–H groups in total. The molecule has 0 aromatic heterocycles. The first-order valence-electron chi connectivity index (χ1n) is 5.12. The molecule has 0 saturated heterocycles. The summed E-state index contributed by atoms with van der Waals surface area (Å²) in [4.78, 5) is 0. The van der Waals surface area contributed by atoms with E-state index in [2.05, 4.69) is 36.9 Å². The van der Waals surface area contributed by atoms with E-state index in [9.17, 15) is 0 Å². The standard InChI is InChI=1S/C14H12S2/c15-14(16)13(11-7-3-1-4-8-11)12-9-5-2-6-10-12/h1-10,13H,(H,15,16). The number of thiol groups is 1. The van der Waals surface area contributed by atoms with E-state index in [-0.39, 0.29) is 5.92 Å². The van der Waals surface area contributed by atoms with Crippen molar-refractivity contribution < 1.29 is 0 Å². The summed E-state index contributed by atoms with van der Waals surface area (Å²) in [5.74, 6) is 0.0979. The van der Waals surface area contributed by atoms with Gasteiger partial charge in [-0.2, -0.15) is 0 Å². The summed E-state index contributed by atoms with van der Waals surface area (Å²) in [7, 11) is 0. The summed E-state index contributed by atoms with van der Waals surface area (Å²) in [6.07, 6.45) is 0. The van der Waals surface area contributed by atoms with Crippen LogP contribution < -0.4 is 0 Å². The summed E-state index contributed by atoms with van der Waals surface area (Å²) in [6, 6.07) is 20.4. The molecule has 0 radical (unpaired) electrons. The molecule has 16 heavy (non-hydrogen) atoms. The predicted molar refractivity (Wildman–Crippen MR) is 76.3 cm³/mol. The Balaban J connectivity index is 2.44. The first-order valence-corrected chi connectivity index (χ1v) is 5.97. The molecule has 0 saturated carbocycles. The third-order valence-electron chi connectivity index (χ3n) is 2.51. The van der Waals surface area contributed by atoms with E-state index in [1.165, 1.54) is 11.1 Å². The number of hydrogen-bond donors (Lipinski definition) is 1. The van der Waals surface area contributed by atoms with E-state index in [1.54, 1.807) is 0 Å². The van der Waals surface area contributed by atoms with Crippen LogP contribution in [0.2, 0.25) is 0 Å². The third kappa shape index (κ3) is 2.52. The van der Waals surface area contributed by atoms with Crippen LogP contribution in [0.4, 0.5) is 0 Å². The Hall–Kier alpha value is -1.12. The highest BCUT2D eigenvalue weighted by Crippen LogP contribution is 2.27. The van der Waals surface area contributed by atoms with Gasteiger partial charge in [0.25, 0.3) is 0 Å². The number of hydrogen-bond acceptors (Lipinski definition) is 1. The SMILES string of the molecule is S=C(S)C(c1ccccc1)c1ccccc1. The van der Waals surface area contributed by atoms with Gasteiger partial charge in [-0.25, -0.2) is 0 Å². The summed E-state index contributed by atoms with van der Waals surface area (Å²) < 4.78 is 0.706. The van der Waals surface area contributed by atoms with Gasteiger partial charge in [-0.1, -0.05) is 72.9 Å². The average molecular weight is 244 g/mol. The van der Waals surface area contributed by atoms with Crippen LogP contribution in [0.15, 0.2) is 60.7 Å². The lowest BCUT2D eigenvalue weighted by Gasteiger charge is -2.15. The molecule has 0 aliphatic rings. The maximum atomic E-state index is 5.25. The third-order valence-corrected chi connectivity index (χ3v) is 3.01. The number of thiocarbonyl (C=S) groups is 1. The van der Waals surface area contributed by atoms with Gasteiger partial charge in [0.1, 0.15) is 0 Å². The quantitative estimate of drug-likeness (QED) is 0.627. The van der Waals surface area contributed by atoms with Gasteiger partial charge in [-0.05, 0) is 11.1 Å². The zero-order valence-electron chi connectivity index (χ0n) is 8.71. The highest BCUT2D eigenvalue weighted by molar-refractivity contribution is 8.11. The fraction of sp³-hybridized carbons (Fsp3) is 0.0714. The van der Waals surface area contributed by atoms with Crippen molar-refractivity contribution in [2.45, 2.75) is 5.92 Å². The summed E-state index contributed by atoms with van der Waals surface area (Å²) >= 11 is 9.59. The summed E-state index contributed by atoms with van der Waals surface area (Å²) in [5.41, 5.74) is 2.38. The van der Waals surface area contributed by atoms with Crippen LogP contribution in [0.25, 0.3) is 0 Å². The Labute approximate surface area is 107 Å². The van der Waals surface area contributed by atoms with E-state index >= 15 is 0 Å². The van der Waals surface area contributed by atoms with Crippen molar-refractivity contribution in [3.8, 4) is 0 Å². The van der Waals surface area contributed by atoms with Crippen molar-refractivity contribution in [3.05, 3.63) is 71.8 Å². The van der Waals surface area contributed by atoms with Crippen LogP contribution in [0.1, 0.15) is 17.0 Å². The van der Waals surface area contributed by atoms with Crippen molar-refractivity contribution in [1.29, 1.82) is 0 Å². The smallest absolute Gasteiger partial charge is 0.0567 e. The molecule has 0 aliphatic heterocycles. The van der Waals surface area contributed by atoms with Crippen LogP contribution in [-0.2, 0) is 0 Å². The maximum absolute atomic E-state index is 5.25. The molecule has 0 bridgehead atoms. The Morgan fingerprint density at radius 2 is 1.19 bits per heavy atom. The molecule has 2 aromatic carbocycles. The molecule has 2 heteroatoms. The van der Waals surface area contributed by atoms with Gasteiger partial charge in [0.15, 0.2) is 0 Å². The van der Waals surface area contributed by atoms with E-state index in [1.807, 2.05) is 36.4 Å². The van der Waals surface area contributed by atoms with E-state index < -0.39 is 0 Å². The summed E-state index contributed by atoms with van der Waals surface area (Å²) in [5, 5.41) is 0. The Morgan fingerprint density at radius 1 is 0.812 bits per heavy atom. The molecule has 2 aromatic rings. The molecule has 0 aliphatic carbocycles. The zero-order valence-corrected chi connectivity index (χ0v) is 10.4. The molecular formula is C14H12S2. The molecule has 0 atom stereocenters.